The van der Waals surface area contributed by atoms with Gasteiger partial charge in [-0.3, -0.25) is 4.79 Å². The fourth-order valence-electron chi connectivity index (χ4n) is 4.82. The molecule has 0 saturated heterocycles. The molecule has 0 spiro atoms. The minimum absolute atomic E-state index is 0.0344. The van der Waals surface area contributed by atoms with Gasteiger partial charge in [-0.25, -0.2) is 9.38 Å². The van der Waals surface area contributed by atoms with Crippen LogP contribution < -0.4 is 10.1 Å². The number of para-hydroxylation sites is 2. The van der Waals surface area contributed by atoms with Crippen molar-refractivity contribution in [3.63, 3.8) is 0 Å². The zero-order chi connectivity index (χ0) is 22.0. The SMILES string of the molecule is Cc1cc(/C=c2\sc3nc4ccccc4n3c2=O)c(C)n1-c1sc2c(c1C#N)CCCC2. The van der Waals surface area contributed by atoms with Crippen molar-refractivity contribution in [3.05, 3.63) is 78.2 Å². The Labute approximate surface area is 192 Å². The summed E-state index contributed by atoms with van der Waals surface area (Å²) in [6.07, 6.45) is 6.38. The van der Waals surface area contributed by atoms with E-state index in [9.17, 15) is 10.1 Å². The zero-order valence-corrected chi connectivity index (χ0v) is 19.4. The number of thiazole rings is 1. The molecule has 0 amide bonds. The second-order valence-electron chi connectivity index (χ2n) is 8.30. The number of hydrogen-bond acceptors (Lipinski definition) is 5. The van der Waals surface area contributed by atoms with Crippen LogP contribution in [0.3, 0.4) is 0 Å². The first-order chi connectivity index (χ1) is 15.6. The molecule has 1 aliphatic rings. The minimum Gasteiger partial charge on any atom is -0.308 e. The number of nitrogens with zero attached hydrogens (tertiary/aromatic N) is 4. The molecule has 5 aromatic rings. The maximum Gasteiger partial charge on any atom is 0.274 e. The molecule has 1 aromatic carbocycles. The molecule has 0 unspecified atom stereocenters. The maximum absolute atomic E-state index is 13.2. The first-order valence-corrected chi connectivity index (χ1v) is 12.4. The van der Waals surface area contributed by atoms with Gasteiger partial charge in [0, 0.05) is 16.3 Å². The van der Waals surface area contributed by atoms with Gasteiger partial charge in [0.05, 0.1) is 21.1 Å². The van der Waals surface area contributed by atoms with Gasteiger partial charge in [-0.05, 0) is 74.9 Å². The van der Waals surface area contributed by atoms with E-state index in [0.29, 0.717) is 9.49 Å². The lowest BCUT2D eigenvalue weighted by molar-refractivity contribution is 0.695. The average molecular weight is 457 g/mol. The van der Waals surface area contributed by atoms with E-state index in [1.54, 1.807) is 15.7 Å². The molecule has 0 radical (unpaired) electrons. The third-order valence-corrected chi connectivity index (χ3v) is 8.62. The van der Waals surface area contributed by atoms with Crippen LogP contribution in [0.4, 0.5) is 0 Å². The number of rotatable bonds is 2. The van der Waals surface area contributed by atoms with Crippen LogP contribution in [-0.4, -0.2) is 14.0 Å². The molecule has 0 atom stereocenters. The normalized spacial score (nSPS) is 14.3. The molecule has 6 rings (SSSR count). The lowest BCUT2D eigenvalue weighted by Gasteiger charge is -2.10. The van der Waals surface area contributed by atoms with E-state index < -0.39 is 0 Å². The van der Waals surface area contributed by atoms with Gasteiger partial charge in [-0.1, -0.05) is 23.5 Å². The fourth-order valence-corrected chi connectivity index (χ4v) is 7.25. The molecule has 0 bridgehead atoms. The molecule has 0 fully saturated rings. The van der Waals surface area contributed by atoms with Gasteiger partial charge in [-0.15, -0.1) is 11.3 Å². The number of nitriles is 1. The van der Waals surface area contributed by atoms with Crippen molar-refractivity contribution in [1.82, 2.24) is 14.0 Å². The smallest absolute Gasteiger partial charge is 0.274 e. The van der Waals surface area contributed by atoms with E-state index >= 15 is 0 Å². The number of benzene rings is 1. The van der Waals surface area contributed by atoms with Crippen LogP contribution >= 0.6 is 22.7 Å². The first kappa shape index (κ1) is 19.5. The Kier molecular flexibility index (Phi) is 4.36. The van der Waals surface area contributed by atoms with Crippen LogP contribution in [0.5, 0.6) is 0 Å². The minimum atomic E-state index is -0.0344. The molecular weight excluding hydrogens is 436 g/mol. The van der Waals surface area contributed by atoms with E-state index in [-0.39, 0.29) is 5.56 Å². The molecule has 4 heterocycles. The summed E-state index contributed by atoms with van der Waals surface area (Å²) < 4.78 is 4.56. The summed E-state index contributed by atoms with van der Waals surface area (Å²) in [6.45, 7) is 4.13. The average Bonchev–Trinajstić information content (AvgIpc) is 3.49. The van der Waals surface area contributed by atoms with Crippen LogP contribution in [0.2, 0.25) is 0 Å². The highest BCUT2D eigenvalue weighted by atomic mass is 32.1. The Balaban J connectivity index is 1.53. The highest BCUT2D eigenvalue weighted by Crippen LogP contribution is 2.38. The summed E-state index contributed by atoms with van der Waals surface area (Å²) in [5, 5.41) is 10.9. The van der Waals surface area contributed by atoms with Crippen molar-refractivity contribution in [2.75, 3.05) is 0 Å². The Morgan fingerprint density at radius 3 is 2.81 bits per heavy atom. The first-order valence-electron chi connectivity index (χ1n) is 10.7. The summed E-state index contributed by atoms with van der Waals surface area (Å²) in [5.74, 6) is 0. The lowest BCUT2D eigenvalue weighted by atomic mass is 9.96. The molecule has 4 aromatic heterocycles. The summed E-state index contributed by atoms with van der Waals surface area (Å²) in [5.41, 5.74) is 6.84. The van der Waals surface area contributed by atoms with Gasteiger partial charge >= 0.3 is 0 Å². The van der Waals surface area contributed by atoms with E-state index in [2.05, 4.69) is 35.5 Å². The molecule has 7 heteroatoms. The molecule has 0 N–H and O–H groups in total. The fraction of sp³-hybridized carbons (Fsp3) is 0.240. The molecule has 0 aliphatic heterocycles. The van der Waals surface area contributed by atoms with Crippen molar-refractivity contribution in [1.29, 1.82) is 5.26 Å². The number of fused-ring (bicyclic) bond motifs is 4. The quantitative estimate of drug-likeness (QED) is 0.388. The van der Waals surface area contributed by atoms with Gasteiger partial charge in [0.2, 0.25) is 0 Å². The summed E-state index contributed by atoms with van der Waals surface area (Å²) in [4.78, 5) is 19.9. The molecule has 5 nitrogen and oxygen atoms in total. The standard InChI is InChI=1S/C25H20N4OS2/c1-14-11-16(12-22-23(30)29-20-9-5-4-8-19(20)27-25(29)32-22)15(2)28(14)24-18(13-26)17-7-3-6-10-21(17)31-24/h4-5,8-9,11-12H,3,6-7,10H2,1-2H3/b22-12-. The van der Waals surface area contributed by atoms with E-state index in [4.69, 9.17) is 0 Å². The molecule has 0 saturated carbocycles. The van der Waals surface area contributed by atoms with Crippen molar-refractivity contribution in [3.8, 4) is 11.1 Å². The van der Waals surface area contributed by atoms with Crippen LogP contribution in [0.1, 0.15) is 45.8 Å². The zero-order valence-electron chi connectivity index (χ0n) is 17.8. The second-order valence-corrected chi connectivity index (χ2v) is 10.4. The van der Waals surface area contributed by atoms with E-state index in [0.717, 1.165) is 57.8 Å². The summed E-state index contributed by atoms with van der Waals surface area (Å²) >= 11 is 3.17. The number of aryl methyl sites for hydroxylation is 2. The van der Waals surface area contributed by atoms with Crippen LogP contribution in [0.15, 0.2) is 35.1 Å². The van der Waals surface area contributed by atoms with Gasteiger partial charge in [0.15, 0.2) is 4.96 Å². The summed E-state index contributed by atoms with van der Waals surface area (Å²) in [7, 11) is 0. The number of imidazole rings is 1. The van der Waals surface area contributed by atoms with Crippen molar-refractivity contribution in [2.45, 2.75) is 39.5 Å². The van der Waals surface area contributed by atoms with Crippen LogP contribution in [0.25, 0.3) is 27.1 Å². The third kappa shape index (κ3) is 2.73. The highest BCUT2D eigenvalue weighted by Gasteiger charge is 2.23. The topological polar surface area (TPSA) is 63.1 Å². The monoisotopic (exact) mass is 456 g/mol. The van der Waals surface area contributed by atoms with Crippen LogP contribution in [0, 0.1) is 25.2 Å². The van der Waals surface area contributed by atoms with Crippen molar-refractivity contribution in [2.24, 2.45) is 0 Å². The number of hydrogen-bond donors (Lipinski definition) is 0. The number of thiophene rings is 1. The second kappa shape index (κ2) is 7.16. The summed E-state index contributed by atoms with van der Waals surface area (Å²) in [6, 6.07) is 12.3. The van der Waals surface area contributed by atoms with Gasteiger partial charge < -0.3 is 4.57 Å². The predicted octanol–water partition coefficient (Wildman–Crippen LogP) is 4.68. The van der Waals surface area contributed by atoms with Gasteiger partial charge in [-0.2, -0.15) is 5.26 Å². The molecule has 32 heavy (non-hydrogen) atoms. The largest absolute Gasteiger partial charge is 0.308 e. The lowest BCUT2D eigenvalue weighted by Crippen LogP contribution is -2.22. The molecular formula is C25H20N4OS2. The Bertz CT molecular complexity index is 1690. The highest BCUT2D eigenvalue weighted by molar-refractivity contribution is 7.15. The van der Waals surface area contributed by atoms with Gasteiger partial charge in [0.25, 0.3) is 5.56 Å². The Hall–Kier alpha value is -3.21. The van der Waals surface area contributed by atoms with E-state index in [1.807, 2.05) is 30.3 Å². The third-order valence-electron chi connectivity index (χ3n) is 6.37. The number of aromatic nitrogens is 3. The van der Waals surface area contributed by atoms with Crippen LogP contribution in [-0.2, 0) is 12.8 Å². The molecule has 158 valence electrons. The van der Waals surface area contributed by atoms with Crippen molar-refractivity contribution < 1.29 is 0 Å². The Morgan fingerprint density at radius 1 is 1.16 bits per heavy atom. The Morgan fingerprint density at radius 2 is 1.97 bits per heavy atom. The van der Waals surface area contributed by atoms with Crippen molar-refractivity contribution >= 4 is 44.7 Å². The molecule has 1 aliphatic carbocycles. The predicted molar refractivity (Wildman–Crippen MR) is 130 cm³/mol. The van der Waals surface area contributed by atoms with E-state index in [1.165, 1.54) is 28.2 Å². The van der Waals surface area contributed by atoms with Gasteiger partial charge in [0.1, 0.15) is 11.1 Å². The maximum atomic E-state index is 13.2.